The Kier molecular flexibility index (Phi) is 2.97. The van der Waals surface area contributed by atoms with Crippen molar-refractivity contribution in [2.45, 2.75) is 20.0 Å². The summed E-state index contributed by atoms with van der Waals surface area (Å²) in [6.07, 6.45) is 1.64. The molecule has 0 saturated carbocycles. The second-order valence-electron chi connectivity index (χ2n) is 4.37. The standard InChI is InChI=1S/C10H10ClN7O2/c1-6-8(18(19)20)9(14-10(11)13-6)16-2-3-17-5-12-15-7(17)4-16/h5H,2-4H2,1H3. The molecule has 2 aromatic rings. The van der Waals surface area contributed by atoms with Gasteiger partial charge in [-0.3, -0.25) is 10.1 Å². The number of nitro groups is 1. The van der Waals surface area contributed by atoms with E-state index < -0.39 is 4.92 Å². The first-order valence-electron chi connectivity index (χ1n) is 5.86. The van der Waals surface area contributed by atoms with E-state index in [1.54, 1.807) is 18.2 Å². The van der Waals surface area contributed by atoms with Gasteiger partial charge in [-0.2, -0.15) is 4.98 Å². The highest BCUT2D eigenvalue weighted by Crippen LogP contribution is 2.31. The molecule has 1 aliphatic rings. The van der Waals surface area contributed by atoms with E-state index in [1.807, 2.05) is 4.57 Å². The smallest absolute Gasteiger partial charge is 0.332 e. The molecule has 0 amide bonds. The molecule has 0 radical (unpaired) electrons. The van der Waals surface area contributed by atoms with E-state index in [4.69, 9.17) is 11.6 Å². The number of halogens is 1. The molecule has 0 atom stereocenters. The van der Waals surface area contributed by atoms with Crippen LogP contribution >= 0.6 is 11.6 Å². The van der Waals surface area contributed by atoms with E-state index in [0.29, 0.717) is 19.6 Å². The highest BCUT2D eigenvalue weighted by molar-refractivity contribution is 6.28. The van der Waals surface area contributed by atoms with Gasteiger partial charge in [0.05, 0.1) is 11.5 Å². The molecule has 0 aromatic carbocycles. The lowest BCUT2D eigenvalue weighted by Gasteiger charge is -2.27. The molecule has 3 rings (SSSR count). The second-order valence-corrected chi connectivity index (χ2v) is 4.71. The van der Waals surface area contributed by atoms with Gasteiger partial charge in [-0.15, -0.1) is 10.2 Å². The van der Waals surface area contributed by atoms with Crippen molar-refractivity contribution >= 4 is 23.1 Å². The maximum Gasteiger partial charge on any atom is 0.332 e. The lowest BCUT2D eigenvalue weighted by atomic mass is 10.3. The van der Waals surface area contributed by atoms with Gasteiger partial charge in [-0.05, 0) is 18.5 Å². The summed E-state index contributed by atoms with van der Waals surface area (Å²) in [5, 5.41) is 19.0. The van der Waals surface area contributed by atoms with Crippen LogP contribution < -0.4 is 4.90 Å². The lowest BCUT2D eigenvalue weighted by molar-refractivity contribution is -0.385. The van der Waals surface area contributed by atoms with Crippen molar-refractivity contribution in [2.24, 2.45) is 0 Å². The largest absolute Gasteiger partial charge is 0.341 e. The molecule has 3 heterocycles. The van der Waals surface area contributed by atoms with Gasteiger partial charge < -0.3 is 9.47 Å². The van der Waals surface area contributed by atoms with Gasteiger partial charge in [-0.25, -0.2) is 4.98 Å². The van der Waals surface area contributed by atoms with Gasteiger partial charge in [-0.1, -0.05) is 0 Å². The van der Waals surface area contributed by atoms with Crippen molar-refractivity contribution < 1.29 is 4.92 Å². The first kappa shape index (κ1) is 12.7. The topological polar surface area (TPSA) is 103 Å². The summed E-state index contributed by atoms with van der Waals surface area (Å²) in [6.45, 7) is 3.15. The third kappa shape index (κ3) is 2.05. The molecule has 0 fully saturated rings. The third-order valence-electron chi connectivity index (χ3n) is 3.13. The molecule has 10 heteroatoms. The number of hydrogen-bond acceptors (Lipinski definition) is 7. The molecule has 0 saturated heterocycles. The summed E-state index contributed by atoms with van der Waals surface area (Å²) in [6, 6.07) is 0. The minimum Gasteiger partial charge on any atom is -0.341 e. The zero-order valence-corrected chi connectivity index (χ0v) is 11.3. The maximum atomic E-state index is 11.2. The number of aromatic nitrogens is 5. The molecular formula is C10H10ClN7O2. The summed E-state index contributed by atoms with van der Waals surface area (Å²) < 4.78 is 1.90. The summed E-state index contributed by atoms with van der Waals surface area (Å²) in [5.74, 6) is 0.958. The Bertz CT molecular complexity index is 686. The van der Waals surface area contributed by atoms with Crippen LogP contribution in [0.15, 0.2) is 6.33 Å². The summed E-state index contributed by atoms with van der Waals surface area (Å²) in [4.78, 5) is 20.4. The Balaban J connectivity index is 2.05. The van der Waals surface area contributed by atoms with Crippen molar-refractivity contribution in [2.75, 3.05) is 11.4 Å². The van der Waals surface area contributed by atoms with Gasteiger partial charge in [0.15, 0.2) is 5.82 Å². The van der Waals surface area contributed by atoms with Crippen molar-refractivity contribution in [3.63, 3.8) is 0 Å². The zero-order valence-electron chi connectivity index (χ0n) is 10.5. The highest BCUT2D eigenvalue weighted by Gasteiger charge is 2.29. The van der Waals surface area contributed by atoms with Gasteiger partial charge >= 0.3 is 5.69 Å². The monoisotopic (exact) mass is 295 g/mol. The summed E-state index contributed by atoms with van der Waals surface area (Å²) >= 11 is 5.82. The summed E-state index contributed by atoms with van der Waals surface area (Å²) in [7, 11) is 0. The number of rotatable bonds is 2. The van der Waals surface area contributed by atoms with Crippen LogP contribution in [0.2, 0.25) is 5.28 Å². The molecule has 0 spiro atoms. The number of nitrogens with zero attached hydrogens (tertiary/aromatic N) is 7. The predicted molar refractivity (Wildman–Crippen MR) is 69.5 cm³/mol. The van der Waals surface area contributed by atoms with E-state index in [9.17, 15) is 10.1 Å². The summed E-state index contributed by atoms with van der Waals surface area (Å²) in [5.41, 5.74) is 0.124. The normalized spacial score (nSPS) is 14.2. The molecule has 0 aliphatic carbocycles. The molecule has 0 bridgehead atoms. The van der Waals surface area contributed by atoms with Crippen LogP contribution in [0, 0.1) is 17.0 Å². The minimum atomic E-state index is -0.486. The average Bonchev–Trinajstić information content (AvgIpc) is 2.84. The van der Waals surface area contributed by atoms with Crippen LogP contribution in [0.1, 0.15) is 11.5 Å². The van der Waals surface area contributed by atoms with Crippen LogP contribution in [0.3, 0.4) is 0 Å². The molecule has 1 aliphatic heterocycles. The van der Waals surface area contributed by atoms with Gasteiger partial charge in [0, 0.05) is 13.1 Å². The number of hydrogen-bond donors (Lipinski definition) is 0. The van der Waals surface area contributed by atoms with Crippen LogP contribution in [0.25, 0.3) is 0 Å². The first-order chi connectivity index (χ1) is 9.56. The van der Waals surface area contributed by atoms with Crippen LogP contribution in [-0.4, -0.2) is 36.2 Å². The molecule has 2 aromatic heterocycles. The Labute approximate surface area is 118 Å². The fraction of sp³-hybridized carbons (Fsp3) is 0.400. The molecule has 0 unspecified atom stereocenters. The Morgan fingerprint density at radius 2 is 2.20 bits per heavy atom. The van der Waals surface area contributed by atoms with Crippen molar-refractivity contribution in [1.82, 2.24) is 24.7 Å². The fourth-order valence-electron chi connectivity index (χ4n) is 2.20. The number of fused-ring (bicyclic) bond motifs is 1. The first-order valence-corrected chi connectivity index (χ1v) is 6.24. The van der Waals surface area contributed by atoms with Crippen molar-refractivity contribution in [3.8, 4) is 0 Å². The molecular weight excluding hydrogens is 286 g/mol. The predicted octanol–water partition coefficient (Wildman–Crippen LogP) is 0.958. The SMILES string of the molecule is Cc1nc(Cl)nc(N2CCn3cnnc3C2)c1[N+](=O)[O-]. The van der Waals surface area contributed by atoms with E-state index in [-0.39, 0.29) is 22.5 Å². The maximum absolute atomic E-state index is 11.2. The van der Waals surface area contributed by atoms with Gasteiger partial charge in [0.1, 0.15) is 12.0 Å². The average molecular weight is 296 g/mol. The number of aryl methyl sites for hydroxylation is 1. The Morgan fingerprint density at radius 3 is 2.95 bits per heavy atom. The van der Waals surface area contributed by atoms with Crippen LogP contribution in [-0.2, 0) is 13.1 Å². The molecule has 20 heavy (non-hydrogen) atoms. The van der Waals surface area contributed by atoms with Gasteiger partial charge in [0.25, 0.3) is 0 Å². The molecule has 9 nitrogen and oxygen atoms in total. The Morgan fingerprint density at radius 1 is 1.40 bits per heavy atom. The van der Waals surface area contributed by atoms with E-state index >= 15 is 0 Å². The second kappa shape index (κ2) is 4.67. The third-order valence-corrected chi connectivity index (χ3v) is 3.30. The molecule has 104 valence electrons. The lowest BCUT2D eigenvalue weighted by Crippen LogP contribution is -2.34. The quantitative estimate of drug-likeness (QED) is 0.462. The van der Waals surface area contributed by atoms with Gasteiger partial charge in [0.2, 0.25) is 11.1 Å². The van der Waals surface area contributed by atoms with Crippen LogP contribution in [0.5, 0.6) is 0 Å². The van der Waals surface area contributed by atoms with E-state index in [0.717, 1.165) is 5.82 Å². The van der Waals surface area contributed by atoms with Crippen molar-refractivity contribution in [3.05, 3.63) is 33.2 Å². The zero-order chi connectivity index (χ0) is 14.3. The number of anilines is 1. The fourth-order valence-corrected chi connectivity index (χ4v) is 2.41. The van der Waals surface area contributed by atoms with Crippen molar-refractivity contribution in [1.29, 1.82) is 0 Å². The van der Waals surface area contributed by atoms with E-state index in [1.165, 1.54) is 0 Å². The highest BCUT2D eigenvalue weighted by atomic mass is 35.5. The minimum absolute atomic E-state index is 0.00450. The Hall–Kier alpha value is -2.29. The van der Waals surface area contributed by atoms with Crippen LogP contribution in [0.4, 0.5) is 11.5 Å². The molecule has 0 N–H and O–H groups in total. The van der Waals surface area contributed by atoms with E-state index in [2.05, 4.69) is 20.2 Å².